The van der Waals surface area contributed by atoms with Crippen LogP contribution in [-0.4, -0.2) is 47.5 Å². The number of amides is 3. The van der Waals surface area contributed by atoms with E-state index >= 15 is 0 Å². The molecule has 82 valence electrons. The Morgan fingerprint density at radius 1 is 1.40 bits per heavy atom. The summed E-state index contributed by atoms with van der Waals surface area (Å²) in [4.78, 5) is 32.9. The van der Waals surface area contributed by atoms with E-state index in [1.54, 1.807) is 0 Å². The van der Waals surface area contributed by atoms with Gasteiger partial charge in [-0.2, -0.15) is 0 Å². The van der Waals surface area contributed by atoms with Crippen LogP contribution < -0.4 is 11.1 Å². The summed E-state index contributed by atoms with van der Waals surface area (Å²) in [6.07, 6.45) is 4.89. The van der Waals surface area contributed by atoms with Gasteiger partial charge in [0.05, 0.1) is 6.54 Å². The molecule has 0 spiro atoms. The molecular formula is C8H11N3O4. The van der Waals surface area contributed by atoms with E-state index in [2.05, 4.69) is 11.2 Å². The van der Waals surface area contributed by atoms with Gasteiger partial charge in [-0.3, -0.25) is 9.59 Å². The van der Waals surface area contributed by atoms with Gasteiger partial charge in [-0.05, 0) is 0 Å². The van der Waals surface area contributed by atoms with Crippen molar-refractivity contribution in [3.63, 3.8) is 0 Å². The van der Waals surface area contributed by atoms with Gasteiger partial charge in [0.15, 0.2) is 0 Å². The number of nitrogens with two attached hydrogens (primary N) is 1. The molecule has 0 aliphatic rings. The molecule has 0 bridgehead atoms. The summed E-state index contributed by atoms with van der Waals surface area (Å²) in [5.41, 5.74) is 4.84. The second-order valence-electron chi connectivity index (χ2n) is 2.58. The minimum absolute atomic E-state index is 0.0479. The van der Waals surface area contributed by atoms with Crippen molar-refractivity contribution >= 4 is 17.9 Å². The Morgan fingerprint density at radius 3 is 2.40 bits per heavy atom. The number of carbonyl (C=O) groups is 3. The van der Waals surface area contributed by atoms with Gasteiger partial charge in [0.25, 0.3) is 0 Å². The molecule has 0 saturated heterocycles. The molecule has 0 aliphatic carbocycles. The molecule has 0 aliphatic heterocycles. The minimum Gasteiger partial charge on any atom is -0.480 e. The highest BCUT2D eigenvalue weighted by Gasteiger charge is 2.17. The number of aliphatic carboxylic acids is 1. The highest BCUT2D eigenvalue weighted by Crippen LogP contribution is 1.88. The van der Waals surface area contributed by atoms with Gasteiger partial charge in [-0.1, -0.05) is 5.92 Å². The van der Waals surface area contributed by atoms with Crippen LogP contribution in [0.1, 0.15) is 0 Å². The first-order valence-corrected chi connectivity index (χ1v) is 3.93. The molecule has 0 radical (unpaired) electrons. The van der Waals surface area contributed by atoms with Crippen LogP contribution in [0.3, 0.4) is 0 Å². The zero-order valence-corrected chi connectivity index (χ0v) is 7.90. The van der Waals surface area contributed by atoms with Crippen molar-refractivity contribution < 1.29 is 19.5 Å². The van der Waals surface area contributed by atoms with E-state index in [1.807, 2.05) is 0 Å². The molecule has 0 rings (SSSR count). The van der Waals surface area contributed by atoms with Crippen molar-refractivity contribution in [1.82, 2.24) is 10.2 Å². The lowest BCUT2D eigenvalue weighted by Crippen LogP contribution is -2.46. The van der Waals surface area contributed by atoms with Gasteiger partial charge in [-0.25, -0.2) is 4.79 Å². The number of primary amides is 1. The number of hydrogen-bond acceptors (Lipinski definition) is 3. The Kier molecular flexibility index (Phi) is 5.33. The van der Waals surface area contributed by atoms with E-state index < -0.39 is 31.0 Å². The zero-order chi connectivity index (χ0) is 11.8. The molecule has 0 heterocycles. The molecule has 0 aromatic carbocycles. The second-order valence-corrected chi connectivity index (χ2v) is 2.58. The Balaban J connectivity index is 4.34. The second kappa shape index (κ2) is 6.26. The third-order valence-electron chi connectivity index (χ3n) is 1.30. The number of carboxylic acid groups (broad SMARTS) is 1. The van der Waals surface area contributed by atoms with Crippen molar-refractivity contribution in [3.8, 4) is 12.3 Å². The molecule has 0 unspecified atom stereocenters. The van der Waals surface area contributed by atoms with E-state index in [0.717, 1.165) is 4.90 Å². The van der Waals surface area contributed by atoms with Gasteiger partial charge >= 0.3 is 12.0 Å². The van der Waals surface area contributed by atoms with E-state index in [1.165, 1.54) is 0 Å². The molecule has 0 atom stereocenters. The molecule has 4 N–H and O–H groups in total. The molecule has 3 amide bonds. The Morgan fingerprint density at radius 2 is 2.00 bits per heavy atom. The van der Waals surface area contributed by atoms with Crippen LogP contribution in [0.15, 0.2) is 0 Å². The van der Waals surface area contributed by atoms with E-state index in [9.17, 15) is 14.4 Å². The van der Waals surface area contributed by atoms with Gasteiger partial charge in [0.2, 0.25) is 5.91 Å². The average molecular weight is 213 g/mol. The van der Waals surface area contributed by atoms with Gasteiger partial charge < -0.3 is 21.1 Å². The lowest BCUT2D eigenvalue weighted by atomic mass is 10.4. The van der Waals surface area contributed by atoms with Gasteiger partial charge in [0, 0.05) is 0 Å². The maximum absolute atomic E-state index is 11.2. The topological polar surface area (TPSA) is 113 Å². The maximum Gasteiger partial charge on any atom is 0.323 e. The first kappa shape index (κ1) is 12.8. The fourth-order valence-electron chi connectivity index (χ4n) is 0.789. The summed E-state index contributed by atoms with van der Waals surface area (Å²) in [5.74, 6) is 0.0955. The highest BCUT2D eigenvalue weighted by atomic mass is 16.4. The summed E-state index contributed by atoms with van der Waals surface area (Å²) < 4.78 is 0. The number of nitrogens with zero attached hydrogens (tertiary/aromatic N) is 1. The summed E-state index contributed by atoms with van der Waals surface area (Å²) >= 11 is 0. The number of carboxylic acids is 1. The summed E-state index contributed by atoms with van der Waals surface area (Å²) in [6, 6.07) is -0.742. The standard InChI is InChI=1S/C8H11N3O4/c1-2-3-10-8(15)11(4-6(9)12)5-7(13)14/h1H,3-5H2,(H2,9,12)(H,10,15)(H,13,14). The largest absolute Gasteiger partial charge is 0.480 e. The molecule has 7 nitrogen and oxygen atoms in total. The van der Waals surface area contributed by atoms with Crippen molar-refractivity contribution in [1.29, 1.82) is 0 Å². The summed E-state index contributed by atoms with van der Waals surface area (Å²) in [7, 11) is 0. The third kappa shape index (κ3) is 5.93. The fourth-order valence-corrected chi connectivity index (χ4v) is 0.789. The number of nitrogens with one attached hydrogen (secondary N) is 1. The number of rotatable bonds is 5. The average Bonchev–Trinajstić information content (AvgIpc) is 2.11. The number of terminal acetylenes is 1. The summed E-state index contributed by atoms with van der Waals surface area (Å²) in [5, 5.41) is 10.7. The van der Waals surface area contributed by atoms with Crippen LogP contribution in [-0.2, 0) is 9.59 Å². The zero-order valence-electron chi connectivity index (χ0n) is 7.90. The molecule has 0 saturated carbocycles. The van der Waals surface area contributed by atoms with Gasteiger partial charge in [-0.15, -0.1) is 6.42 Å². The number of urea groups is 1. The van der Waals surface area contributed by atoms with Crippen LogP contribution in [0.5, 0.6) is 0 Å². The quantitative estimate of drug-likeness (QED) is 0.467. The maximum atomic E-state index is 11.2. The lowest BCUT2D eigenvalue weighted by Gasteiger charge is -2.18. The predicted octanol–water partition coefficient (Wildman–Crippen LogP) is -1.80. The number of hydrogen-bond donors (Lipinski definition) is 3. The van der Waals surface area contributed by atoms with Crippen LogP contribution in [0.4, 0.5) is 4.79 Å². The number of carbonyl (C=O) groups excluding carboxylic acids is 2. The van der Waals surface area contributed by atoms with Crippen LogP contribution in [0.25, 0.3) is 0 Å². The van der Waals surface area contributed by atoms with Crippen molar-refractivity contribution in [3.05, 3.63) is 0 Å². The third-order valence-corrected chi connectivity index (χ3v) is 1.30. The van der Waals surface area contributed by atoms with Gasteiger partial charge in [0.1, 0.15) is 13.1 Å². The Hall–Kier alpha value is -2.23. The smallest absolute Gasteiger partial charge is 0.323 e. The first-order chi connectivity index (χ1) is 6.97. The monoisotopic (exact) mass is 213 g/mol. The highest BCUT2D eigenvalue weighted by molar-refractivity contribution is 5.85. The minimum atomic E-state index is -1.24. The van der Waals surface area contributed by atoms with E-state index in [0.29, 0.717) is 0 Å². The Bertz CT molecular complexity index is 291. The van der Waals surface area contributed by atoms with Crippen molar-refractivity contribution in [2.75, 3.05) is 19.6 Å². The molecule has 0 aromatic rings. The molecule has 0 fully saturated rings. The summed E-state index contributed by atoms with van der Waals surface area (Å²) in [6.45, 7) is -1.13. The van der Waals surface area contributed by atoms with Crippen molar-refractivity contribution in [2.24, 2.45) is 5.73 Å². The Labute approximate surface area is 86.2 Å². The molecular weight excluding hydrogens is 202 g/mol. The van der Waals surface area contributed by atoms with Crippen LogP contribution in [0.2, 0.25) is 0 Å². The predicted molar refractivity (Wildman–Crippen MR) is 50.6 cm³/mol. The first-order valence-electron chi connectivity index (χ1n) is 3.93. The molecule has 0 aromatic heterocycles. The lowest BCUT2D eigenvalue weighted by molar-refractivity contribution is -0.137. The molecule has 7 heteroatoms. The normalized spacial score (nSPS) is 8.73. The van der Waals surface area contributed by atoms with Crippen LogP contribution in [0, 0.1) is 12.3 Å². The fraction of sp³-hybridized carbons (Fsp3) is 0.375. The SMILES string of the molecule is C#CCNC(=O)N(CC(N)=O)CC(=O)O. The molecule has 15 heavy (non-hydrogen) atoms. The van der Waals surface area contributed by atoms with E-state index in [4.69, 9.17) is 17.3 Å². The van der Waals surface area contributed by atoms with E-state index in [-0.39, 0.29) is 6.54 Å². The van der Waals surface area contributed by atoms with Crippen molar-refractivity contribution in [2.45, 2.75) is 0 Å². The van der Waals surface area contributed by atoms with Crippen LogP contribution >= 0.6 is 0 Å².